The van der Waals surface area contributed by atoms with Gasteiger partial charge < -0.3 is 4.90 Å². The summed E-state index contributed by atoms with van der Waals surface area (Å²) in [4.78, 5) is 17.5. The van der Waals surface area contributed by atoms with E-state index in [0.717, 1.165) is 12.0 Å². The Kier molecular flexibility index (Phi) is 4.70. The summed E-state index contributed by atoms with van der Waals surface area (Å²) in [5.74, 6) is 0.0261. The molecular formula is C13H18N2O. The van der Waals surface area contributed by atoms with Crippen molar-refractivity contribution in [3.63, 3.8) is 0 Å². The lowest BCUT2D eigenvalue weighted by Crippen LogP contribution is -2.33. The van der Waals surface area contributed by atoms with E-state index in [-0.39, 0.29) is 11.9 Å². The molecule has 86 valence electrons. The molecule has 1 aromatic rings. The number of aromatic nitrogens is 1. The van der Waals surface area contributed by atoms with Crippen LogP contribution in [-0.2, 0) is 4.79 Å². The number of carbonyl (C=O) groups is 1. The highest BCUT2D eigenvalue weighted by Gasteiger charge is 2.10. The number of hydrogen-bond acceptors (Lipinski definition) is 2. The van der Waals surface area contributed by atoms with Gasteiger partial charge in [0, 0.05) is 31.6 Å². The van der Waals surface area contributed by atoms with Crippen LogP contribution in [0.5, 0.6) is 0 Å². The number of likely N-dealkylation sites (N-methyl/N-ethyl adjacent to an activating group) is 1. The highest BCUT2D eigenvalue weighted by Crippen LogP contribution is 2.03. The summed E-state index contributed by atoms with van der Waals surface area (Å²) in [7, 11) is 1.82. The van der Waals surface area contributed by atoms with Gasteiger partial charge in [-0.2, -0.15) is 0 Å². The van der Waals surface area contributed by atoms with Crippen LogP contribution in [0.3, 0.4) is 0 Å². The van der Waals surface area contributed by atoms with Gasteiger partial charge in [0.05, 0.1) is 0 Å². The number of carbonyl (C=O) groups excluding carboxylic acids is 1. The van der Waals surface area contributed by atoms with Gasteiger partial charge in [-0.15, -0.1) is 0 Å². The Balaban J connectivity index is 2.61. The molecule has 3 nitrogen and oxygen atoms in total. The number of pyridine rings is 1. The van der Waals surface area contributed by atoms with E-state index in [0.29, 0.717) is 0 Å². The van der Waals surface area contributed by atoms with E-state index >= 15 is 0 Å². The number of hydrogen-bond donors (Lipinski definition) is 0. The van der Waals surface area contributed by atoms with Crippen LogP contribution in [0.15, 0.2) is 30.6 Å². The number of amides is 1. The number of rotatable bonds is 4. The third-order valence-corrected chi connectivity index (χ3v) is 2.70. The average Bonchev–Trinajstić information content (AvgIpc) is 2.35. The van der Waals surface area contributed by atoms with Crippen molar-refractivity contribution in [1.82, 2.24) is 9.88 Å². The number of nitrogens with zero attached hydrogens (tertiary/aromatic N) is 2. The summed E-state index contributed by atoms with van der Waals surface area (Å²) in [5, 5.41) is 0. The van der Waals surface area contributed by atoms with Crippen LogP contribution in [0.1, 0.15) is 25.8 Å². The van der Waals surface area contributed by atoms with E-state index in [4.69, 9.17) is 0 Å². The van der Waals surface area contributed by atoms with E-state index in [1.54, 1.807) is 29.4 Å². The molecular weight excluding hydrogens is 200 g/mol. The van der Waals surface area contributed by atoms with Crippen LogP contribution in [-0.4, -0.2) is 28.9 Å². The summed E-state index contributed by atoms with van der Waals surface area (Å²) >= 11 is 0. The quantitative estimate of drug-likeness (QED) is 0.727. The van der Waals surface area contributed by atoms with Crippen LogP contribution >= 0.6 is 0 Å². The fourth-order valence-electron chi connectivity index (χ4n) is 1.25. The molecule has 1 rings (SSSR count). The topological polar surface area (TPSA) is 33.2 Å². The van der Waals surface area contributed by atoms with Crippen LogP contribution in [0.25, 0.3) is 6.08 Å². The van der Waals surface area contributed by atoms with Crippen LogP contribution in [0.2, 0.25) is 0 Å². The largest absolute Gasteiger partial charge is 0.340 e. The predicted octanol–water partition coefficient (Wildman–Crippen LogP) is 2.35. The molecule has 0 saturated heterocycles. The molecule has 1 amide bonds. The van der Waals surface area contributed by atoms with Crippen molar-refractivity contribution in [2.75, 3.05) is 7.05 Å². The van der Waals surface area contributed by atoms with Crippen molar-refractivity contribution in [1.29, 1.82) is 0 Å². The maximum atomic E-state index is 11.7. The van der Waals surface area contributed by atoms with Crippen molar-refractivity contribution in [3.05, 3.63) is 36.2 Å². The van der Waals surface area contributed by atoms with Gasteiger partial charge in [-0.25, -0.2) is 0 Å². The first-order valence-corrected chi connectivity index (χ1v) is 5.50. The van der Waals surface area contributed by atoms with Crippen molar-refractivity contribution >= 4 is 12.0 Å². The second kappa shape index (κ2) is 6.05. The normalized spacial score (nSPS) is 12.7. The van der Waals surface area contributed by atoms with E-state index in [1.165, 1.54) is 0 Å². The zero-order valence-electron chi connectivity index (χ0n) is 10.1. The highest BCUT2D eigenvalue weighted by atomic mass is 16.2. The summed E-state index contributed by atoms with van der Waals surface area (Å²) < 4.78 is 0. The monoisotopic (exact) mass is 218 g/mol. The Morgan fingerprint density at radius 2 is 2.38 bits per heavy atom. The predicted molar refractivity (Wildman–Crippen MR) is 65.8 cm³/mol. The maximum absolute atomic E-state index is 11.7. The molecule has 0 aromatic carbocycles. The zero-order chi connectivity index (χ0) is 12.0. The van der Waals surface area contributed by atoms with Crippen molar-refractivity contribution in [2.45, 2.75) is 26.3 Å². The Morgan fingerprint density at radius 1 is 1.62 bits per heavy atom. The molecule has 1 unspecified atom stereocenters. The zero-order valence-corrected chi connectivity index (χ0v) is 10.1. The fraction of sp³-hybridized carbons (Fsp3) is 0.385. The molecule has 0 bridgehead atoms. The molecule has 0 aliphatic rings. The van der Waals surface area contributed by atoms with Crippen LogP contribution < -0.4 is 0 Å². The van der Waals surface area contributed by atoms with E-state index < -0.39 is 0 Å². The molecule has 0 saturated carbocycles. The molecule has 0 aliphatic carbocycles. The van der Waals surface area contributed by atoms with Gasteiger partial charge in [-0.3, -0.25) is 9.78 Å². The molecule has 0 spiro atoms. The molecule has 1 atom stereocenters. The molecule has 0 radical (unpaired) electrons. The Bertz CT molecular complexity index is 359. The fourth-order valence-corrected chi connectivity index (χ4v) is 1.25. The van der Waals surface area contributed by atoms with Gasteiger partial charge in [-0.1, -0.05) is 13.0 Å². The van der Waals surface area contributed by atoms with Gasteiger partial charge in [-0.05, 0) is 31.1 Å². The first-order valence-electron chi connectivity index (χ1n) is 5.50. The third-order valence-electron chi connectivity index (χ3n) is 2.70. The van der Waals surface area contributed by atoms with Gasteiger partial charge in [0.25, 0.3) is 0 Å². The lowest BCUT2D eigenvalue weighted by Gasteiger charge is -2.22. The summed E-state index contributed by atoms with van der Waals surface area (Å²) in [5.41, 5.74) is 0.938. The van der Waals surface area contributed by atoms with Crippen LogP contribution in [0, 0.1) is 0 Å². The third kappa shape index (κ3) is 3.50. The second-order valence-corrected chi connectivity index (χ2v) is 3.83. The Morgan fingerprint density at radius 3 is 2.94 bits per heavy atom. The van der Waals surface area contributed by atoms with E-state index in [2.05, 4.69) is 11.9 Å². The van der Waals surface area contributed by atoms with Gasteiger partial charge in [0.2, 0.25) is 5.91 Å². The van der Waals surface area contributed by atoms with Gasteiger partial charge in [0.15, 0.2) is 0 Å². The summed E-state index contributed by atoms with van der Waals surface area (Å²) in [6.45, 7) is 4.11. The Labute approximate surface area is 96.8 Å². The molecule has 16 heavy (non-hydrogen) atoms. The highest BCUT2D eigenvalue weighted by molar-refractivity contribution is 5.91. The smallest absolute Gasteiger partial charge is 0.246 e. The minimum atomic E-state index is 0.0261. The molecule has 1 heterocycles. The van der Waals surface area contributed by atoms with Gasteiger partial charge >= 0.3 is 0 Å². The standard InChI is InChI=1S/C13H18N2O/c1-4-11(2)15(3)13(16)8-7-12-6-5-9-14-10-12/h5-11H,4H2,1-3H3/b8-7+. The van der Waals surface area contributed by atoms with Gasteiger partial charge in [0.1, 0.15) is 0 Å². The van der Waals surface area contributed by atoms with E-state index in [9.17, 15) is 4.79 Å². The lowest BCUT2D eigenvalue weighted by atomic mass is 10.2. The molecule has 0 aliphatic heterocycles. The molecule has 0 fully saturated rings. The Hall–Kier alpha value is -1.64. The maximum Gasteiger partial charge on any atom is 0.246 e. The minimum Gasteiger partial charge on any atom is -0.340 e. The van der Waals surface area contributed by atoms with Crippen molar-refractivity contribution in [2.24, 2.45) is 0 Å². The minimum absolute atomic E-state index is 0.0261. The summed E-state index contributed by atoms with van der Waals surface area (Å²) in [6.07, 6.45) is 7.78. The van der Waals surface area contributed by atoms with Crippen LogP contribution in [0.4, 0.5) is 0 Å². The summed E-state index contributed by atoms with van der Waals surface area (Å²) in [6, 6.07) is 4.04. The van der Waals surface area contributed by atoms with Crippen molar-refractivity contribution < 1.29 is 4.79 Å². The SMILES string of the molecule is CCC(C)N(C)C(=O)/C=C/c1cccnc1. The van der Waals surface area contributed by atoms with Crippen molar-refractivity contribution in [3.8, 4) is 0 Å². The second-order valence-electron chi connectivity index (χ2n) is 3.83. The first kappa shape index (κ1) is 12.4. The molecule has 1 aromatic heterocycles. The molecule has 0 N–H and O–H groups in total. The lowest BCUT2D eigenvalue weighted by molar-refractivity contribution is -0.126. The average molecular weight is 218 g/mol. The molecule has 3 heteroatoms. The first-order chi connectivity index (χ1) is 7.65. The van der Waals surface area contributed by atoms with E-state index in [1.807, 2.05) is 26.1 Å².